The highest BCUT2D eigenvalue weighted by Gasteiger charge is 2.31. The molecule has 0 aliphatic rings. The number of hydrogen-bond acceptors (Lipinski definition) is 3. The third-order valence-electron chi connectivity index (χ3n) is 5.85. The fourth-order valence-corrected chi connectivity index (χ4v) is 3.93. The summed E-state index contributed by atoms with van der Waals surface area (Å²) in [7, 11) is 3.97. The third-order valence-corrected chi connectivity index (χ3v) is 5.85. The van der Waals surface area contributed by atoms with Crippen LogP contribution >= 0.6 is 0 Å². The summed E-state index contributed by atoms with van der Waals surface area (Å²) in [5, 5.41) is 3.00. The first-order valence-corrected chi connectivity index (χ1v) is 11.6. The number of benzene rings is 3. The van der Waals surface area contributed by atoms with Gasteiger partial charge in [0.05, 0.1) is 6.04 Å². The number of carbonyl (C=O) groups is 2. The van der Waals surface area contributed by atoms with Crippen LogP contribution in [0.3, 0.4) is 0 Å². The van der Waals surface area contributed by atoms with Crippen LogP contribution in [0.25, 0.3) is 0 Å². The lowest BCUT2D eigenvalue weighted by Crippen LogP contribution is -2.40. The lowest BCUT2D eigenvalue weighted by molar-refractivity contribution is -0.142. The number of amides is 2. The topological polar surface area (TPSA) is 52.7 Å². The van der Waals surface area contributed by atoms with Crippen LogP contribution in [0.5, 0.6) is 0 Å². The first-order chi connectivity index (χ1) is 16.1. The highest BCUT2D eigenvalue weighted by molar-refractivity contribution is 6.04. The maximum absolute atomic E-state index is 13.6. The summed E-state index contributed by atoms with van der Waals surface area (Å²) in [6, 6.07) is 25.0. The lowest BCUT2D eigenvalue weighted by Gasteiger charge is -2.35. The monoisotopic (exact) mass is 457 g/mol. The van der Waals surface area contributed by atoms with Gasteiger partial charge in [0.1, 0.15) is 0 Å². The van der Waals surface area contributed by atoms with Gasteiger partial charge in [-0.2, -0.15) is 0 Å². The zero-order valence-corrected chi connectivity index (χ0v) is 21.0. The summed E-state index contributed by atoms with van der Waals surface area (Å²) >= 11 is 0. The van der Waals surface area contributed by atoms with E-state index in [9.17, 15) is 9.59 Å². The van der Waals surface area contributed by atoms with Gasteiger partial charge in [0.2, 0.25) is 5.91 Å². The summed E-state index contributed by atoms with van der Waals surface area (Å²) in [6.45, 7) is 8.33. The van der Waals surface area contributed by atoms with Crippen LogP contribution in [-0.2, 0) is 11.3 Å². The maximum atomic E-state index is 13.6. The standard InChI is InChI=1S/C29H35N3O2/c1-21(22-13-9-7-10-14-22)32(28(34)29(2,3)4)20-24-19-25(17-18-26(24)31(5)6)30-27(33)23-15-11-8-12-16-23/h7-19,21H,20H2,1-6H3,(H,30,33)/t21-/m1/s1. The molecular formula is C29H35N3O2. The molecule has 34 heavy (non-hydrogen) atoms. The van der Waals surface area contributed by atoms with E-state index in [-0.39, 0.29) is 17.9 Å². The largest absolute Gasteiger partial charge is 0.377 e. The molecule has 0 aliphatic carbocycles. The average Bonchev–Trinajstić information content (AvgIpc) is 2.82. The summed E-state index contributed by atoms with van der Waals surface area (Å²) < 4.78 is 0. The quantitative estimate of drug-likeness (QED) is 0.464. The average molecular weight is 458 g/mol. The Morgan fingerprint density at radius 1 is 0.882 bits per heavy atom. The van der Waals surface area contributed by atoms with Crippen LogP contribution in [0.15, 0.2) is 78.9 Å². The molecule has 0 radical (unpaired) electrons. The summed E-state index contributed by atoms with van der Waals surface area (Å²) in [4.78, 5) is 30.2. The van der Waals surface area contributed by atoms with Crippen LogP contribution in [0.2, 0.25) is 0 Å². The Labute approximate surface area is 203 Å². The molecule has 0 saturated heterocycles. The minimum atomic E-state index is -0.527. The van der Waals surface area contributed by atoms with Crippen molar-refractivity contribution in [3.8, 4) is 0 Å². The van der Waals surface area contributed by atoms with Gasteiger partial charge in [0.15, 0.2) is 0 Å². The number of nitrogens with zero attached hydrogens (tertiary/aromatic N) is 2. The summed E-state index contributed by atoms with van der Waals surface area (Å²) in [5.41, 5.74) is 3.83. The van der Waals surface area contributed by atoms with Crippen molar-refractivity contribution in [3.05, 3.63) is 95.6 Å². The number of nitrogens with one attached hydrogen (secondary N) is 1. The molecule has 5 nitrogen and oxygen atoms in total. The predicted octanol–water partition coefficient (Wildman–Crippen LogP) is 6.14. The Bertz CT molecular complexity index is 1120. The van der Waals surface area contributed by atoms with Crippen molar-refractivity contribution >= 4 is 23.2 Å². The number of carbonyl (C=O) groups excluding carboxylic acids is 2. The first-order valence-electron chi connectivity index (χ1n) is 11.6. The third kappa shape index (κ3) is 6.04. The molecule has 178 valence electrons. The molecular weight excluding hydrogens is 422 g/mol. The molecule has 0 bridgehead atoms. The lowest BCUT2D eigenvalue weighted by atomic mass is 9.92. The fourth-order valence-electron chi connectivity index (χ4n) is 3.93. The van der Waals surface area contributed by atoms with Gasteiger partial charge in [-0.05, 0) is 48.4 Å². The van der Waals surface area contributed by atoms with Gasteiger partial charge >= 0.3 is 0 Å². The first kappa shape index (κ1) is 25.0. The number of rotatable bonds is 7. The van der Waals surface area contributed by atoms with E-state index < -0.39 is 5.41 Å². The van der Waals surface area contributed by atoms with Crippen LogP contribution in [0.1, 0.15) is 55.2 Å². The Kier molecular flexibility index (Phi) is 7.77. The van der Waals surface area contributed by atoms with Crippen molar-refractivity contribution in [2.24, 2.45) is 5.41 Å². The van der Waals surface area contributed by atoms with Gasteiger partial charge < -0.3 is 15.1 Å². The molecule has 3 aromatic rings. The highest BCUT2D eigenvalue weighted by atomic mass is 16.2. The van der Waals surface area contributed by atoms with Crippen LogP contribution in [0, 0.1) is 5.41 Å². The molecule has 0 heterocycles. The molecule has 3 aromatic carbocycles. The molecule has 1 atom stereocenters. The maximum Gasteiger partial charge on any atom is 0.255 e. The van der Waals surface area contributed by atoms with Gasteiger partial charge in [-0.25, -0.2) is 0 Å². The Morgan fingerprint density at radius 3 is 2.03 bits per heavy atom. The van der Waals surface area contributed by atoms with E-state index in [1.54, 1.807) is 12.1 Å². The minimum Gasteiger partial charge on any atom is -0.377 e. The molecule has 0 saturated carbocycles. The van der Waals surface area contributed by atoms with Gasteiger partial charge in [-0.1, -0.05) is 69.3 Å². The van der Waals surface area contributed by atoms with Crippen molar-refractivity contribution in [3.63, 3.8) is 0 Å². The van der Waals surface area contributed by atoms with Crippen LogP contribution in [0.4, 0.5) is 11.4 Å². The van der Waals surface area contributed by atoms with E-state index in [1.165, 1.54) is 0 Å². The van der Waals surface area contributed by atoms with Gasteiger partial charge in [0.25, 0.3) is 5.91 Å². The second-order valence-corrected chi connectivity index (χ2v) is 9.83. The highest BCUT2D eigenvalue weighted by Crippen LogP contribution is 2.32. The number of hydrogen-bond donors (Lipinski definition) is 1. The fraction of sp³-hybridized carbons (Fsp3) is 0.310. The van der Waals surface area contributed by atoms with E-state index in [1.807, 2.05) is 99.3 Å². The van der Waals surface area contributed by atoms with E-state index >= 15 is 0 Å². The van der Waals surface area contributed by atoms with Gasteiger partial charge in [-0.3, -0.25) is 9.59 Å². The zero-order chi connectivity index (χ0) is 24.9. The second kappa shape index (κ2) is 10.6. The van der Waals surface area contributed by atoms with Gasteiger partial charge in [0, 0.05) is 43.0 Å². The molecule has 1 N–H and O–H groups in total. The van der Waals surface area contributed by atoms with Crippen molar-refractivity contribution in [2.75, 3.05) is 24.3 Å². The molecule has 2 amide bonds. The molecule has 0 spiro atoms. The zero-order valence-electron chi connectivity index (χ0n) is 21.0. The van der Waals surface area contributed by atoms with Crippen molar-refractivity contribution in [1.82, 2.24) is 4.90 Å². The Balaban J connectivity index is 1.97. The molecule has 3 rings (SSSR count). The molecule has 0 unspecified atom stereocenters. The molecule has 0 aromatic heterocycles. The van der Waals surface area contributed by atoms with E-state index in [0.717, 1.165) is 16.8 Å². The van der Waals surface area contributed by atoms with Crippen LogP contribution < -0.4 is 10.2 Å². The Morgan fingerprint density at radius 2 is 1.47 bits per heavy atom. The number of anilines is 2. The minimum absolute atomic E-state index is 0.0762. The summed E-state index contributed by atoms with van der Waals surface area (Å²) in [6.07, 6.45) is 0. The normalized spacial score (nSPS) is 12.1. The van der Waals surface area contributed by atoms with Gasteiger partial charge in [-0.15, -0.1) is 0 Å². The molecule has 5 heteroatoms. The summed E-state index contributed by atoms with van der Waals surface area (Å²) in [5.74, 6) is -0.0864. The molecule has 0 aliphatic heterocycles. The SMILES string of the molecule is C[C@H](c1ccccc1)N(Cc1cc(NC(=O)c2ccccc2)ccc1N(C)C)C(=O)C(C)(C)C. The van der Waals surface area contributed by atoms with Crippen LogP contribution in [-0.4, -0.2) is 30.8 Å². The molecule has 0 fully saturated rings. The van der Waals surface area contributed by atoms with E-state index in [2.05, 4.69) is 24.4 Å². The van der Waals surface area contributed by atoms with Crippen molar-refractivity contribution in [1.29, 1.82) is 0 Å². The van der Waals surface area contributed by atoms with E-state index in [0.29, 0.717) is 17.8 Å². The van der Waals surface area contributed by atoms with E-state index in [4.69, 9.17) is 0 Å². The van der Waals surface area contributed by atoms with Crippen molar-refractivity contribution < 1.29 is 9.59 Å². The smallest absolute Gasteiger partial charge is 0.255 e. The van der Waals surface area contributed by atoms with Crippen molar-refractivity contribution in [2.45, 2.75) is 40.3 Å². The predicted molar refractivity (Wildman–Crippen MR) is 140 cm³/mol. The Hall–Kier alpha value is -3.60. The second-order valence-electron chi connectivity index (χ2n) is 9.83.